The molecule has 0 N–H and O–H groups in total. The van der Waals surface area contributed by atoms with Gasteiger partial charge < -0.3 is 18.9 Å². The zero-order valence-electron chi connectivity index (χ0n) is 32.9. The molecule has 11 rings (SSSR count). The molecule has 0 spiro atoms. The summed E-state index contributed by atoms with van der Waals surface area (Å²) >= 11 is 0. The molecule has 0 radical (unpaired) electrons. The van der Waals surface area contributed by atoms with E-state index in [9.17, 15) is 8.78 Å². The topological polar surface area (TPSA) is 16.3 Å². The highest BCUT2D eigenvalue weighted by atomic mass is 19.1. The van der Waals surface area contributed by atoms with Crippen LogP contribution in [0.4, 0.5) is 51.7 Å². The van der Waals surface area contributed by atoms with E-state index < -0.39 is 23.3 Å². The lowest BCUT2D eigenvalue weighted by Crippen LogP contribution is -2.12. The van der Waals surface area contributed by atoms with Gasteiger partial charge in [-0.05, 0) is 121 Å². The molecule has 4 nitrogen and oxygen atoms in total. The molecule has 0 saturated carbocycles. The number of fused-ring (bicyclic) bond motifs is 6. The molecule has 0 unspecified atom stereocenters. The Kier molecular flexibility index (Phi) is 8.86. The van der Waals surface area contributed by atoms with Crippen LogP contribution in [0.25, 0.3) is 55.0 Å². The lowest BCUT2D eigenvalue weighted by Gasteiger charge is -2.28. The van der Waals surface area contributed by atoms with Crippen molar-refractivity contribution in [2.75, 3.05) is 9.80 Å². The number of anilines is 6. The maximum atomic E-state index is 15.5. The molecule has 0 atom stereocenters. The number of rotatable bonds is 8. The third kappa shape index (κ3) is 6.15. The number of para-hydroxylation sites is 4. The average molecular weight is 815 g/mol. The van der Waals surface area contributed by atoms with E-state index in [2.05, 4.69) is 70.5 Å². The van der Waals surface area contributed by atoms with Gasteiger partial charge in [0, 0.05) is 67.8 Å². The van der Waals surface area contributed by atoms with E-state index >= 15 is 8.78 Å². The van der Waals surface area contributed by atoms with Gasteiger partial charge in [-0.1, -0.05) is 72.8 Å². The Bertz CT molecular complexity index is 3260. The number of halogens is 4. The van der Waals surface area contributed by atoms with Crippen molar-refractivity contribution in [1.29, 1.82) is 0 Å². The van der Waals surface area contributed by atoms with Gasteiger partial charge in [-0.25, -0.2) is 17.6 Å². The highest BCUT2D eigenvalue weighted by molar-refractivity contribution is 6.12. The number of benzene rings is 9. The molecule has 0 aliphatic heterocycles. The van der Waals surface area contributed by atoms with Gasteiger partial charge in [0.1, 0.15) is 23.3 Å². The van der Waals surface area contributed by atoms with Crippen LogP contribution in [0.3, 0.4) is 0 Å². The molecule has 9 aromatic carbocycles. The van der Waals surface area contributed by atoms with E-state index in [1.165, 1.54) is 12.1 Å². The number of aromatic nitrogens is 2. The molecule has 2 heterocycles. The minimum Gasteiger partial charge on any atom is -0.311 e. The first-order valence-electron chi connectivity index (χ1n) is 20.2. The van der Waals surface area contributed by atoms with Gasteiger partial charge in [-0.15, -0.1) is 0 Å². The van der Waals surface area contributed by atoms with Gasteiger partial charge >= 0.3 is 0 Å². The first-order chi connectivity index (χ1) is 30.4. The summed E-state index contributed by atoms with van der Waals surface area (Å²) in [4.78, 5) is 4.36. The molecule has 0 amide bonds. The summed E-state index contributed by atoms with van der Waals surface area (Å²) in [5.41, 5.74) is 8.60. The third-order valence-electron chi connectivity index (χ3n) is 11.5. The smallest absolute Gasteiger partial charge is 0.147 e. The molecular formula is C54H34F4N4. The fourth-order valence-corrected chi connectivity index (χ4v) is 8.83. The number of hydrogen-bond donors (Lipinski definition) is 0. The first-order valence-corrected chi connectivity index (χ1v) is 20.2. The van der Waals surface area contributed by atoms with Gasteiger partial charge in [0.15, 0.2) is 0 Å². The van der Waals surface area contributed by atoms with E-state index in [1.54, 1.807) is 9.13 Å². The maximum Gasteiger partial charge on any atom is 0.147 e. The van der Waals surface area contributed by atoms with Crippen LogP contribution in [-0.2, 0) is 0 Å². The first kappa shape index (κ1) is 36.9. The fourth-order valence-electron chi connectivity index (χ4n) is 8.83. The molecule has 0 aliphatic rings. The van der Waals surface area contributed by atoms with Crippen LogP contribution >= 0.6 is 0 Å². The Morgan fingerprint density at radius 1 is 0.274 bits per heavy atom. The molecule has 298 valence electrons. The van der Waals surface area contributed by atoms with Crippen molar-refractivity contribution in [3.05, 3.63) is 230 Å². The summed E-state index contributed by atoms with van der Waals surface area (Å²) < 4.78 is 63.9. The lowest BCUT2D eigenvalue weighted by molar-refractivity contribution is 0.595. The van der Waals surface area contributed by atoms with Crippen LogP contribution in [0.15, 0.2) is 206 Å². The second kappa shape index (κ2) is 14.9. The molecule has 62 heavy (non-hydrogen) atoms. The zero-order chi connectivity index (χ0) is 41.9. The molecule has 0 saturated heterocycles. The Labute approximate surface area is 354 Å². The summed E-state index contributed by atoms with van der Waals surface area (Å²) in [6.07, 6.45) is 0. The van der Waals surface area contributed by atoms with Crippen molar-refractivity contribution in [1.82, 2.24) is 9.13 Å². The monoisotopic (exact) mass is 814 g/mol. The van der Waals surface area contributed by atoms with Crippen molar-refractivity contribution >= 4 is 77.7 Å². The molecule has 0 bridgehead atoms. The Hall–Kier alpha value is -8.10. The molecule has 8 heteroatoms. The maximum absolute atomic E-state index is 15.5. The van der Waals surface area contributed by atoms with Gasteiger partial charge in [-0.3, -0.25) is 0 Å². The van der Waals surface area contributed by atoms with Crippen molar-refractivity contribution in [3.8, 4) is 11.4 Å². The van der Waals surface area contributed by atoms with Crippen LogP contribution in [0.2, 0.25) is 0 Å². The van der Waals surface area contributed by atoms with Crippen molar-refractivity contribution in [3.63, 3.8) is 0 Å². The third-order valence-corrected chi connectivity index (χ3v) is 11.5. The summed E-state index contributed by atoms with van der Waals surface area (Å²) in [6, 6.07) is 63.2. The van der Waals surface area contributed by atoms with Gasteiger partial charge in [-0.2, -0.15) is 0 Å². The second-order valence-corrected chi connectivity index (χ2v) is 15.2. The average Bonchev–Trinajstić information content (AvgIpc) is 3.81. The summed E-state index contributed by atoms with van der Waals surface area (Å²) in [5, 5.41) is 3.45. The van der Waals surface area contributed by atoms with E-state index in [0.717, 1.165) is 91.0 Å². The predicted octanol–water partition coefficient (Wildman–Crippen LogP) is 15.4. The Morgan fingerprint density at radius 3 is 1.05 bits per heavy atom. The minimum atomic E-state index is -0.537. The normalized spacial score (nSPS) is 11.5. The zero-order valence-corrected chi connectivity index (χ0v) is 32.9. The SMILES string of the molecule is Fc1ccc(F)c(-n2c3ccccc3c3cc(N(c4ccc(N(c5ccccc5)c5ccccc5)cc4)c4ccc5c(c4)c4ccccc4n5-c4cc(F)ccc4F)ccc32)c1. The predicted molar refractivity (Wildman–Crippen MR) is 244 cm³/mol. The Morgan fingerprint density at radius 2 is 0.613 bits per heavy atom. The lowest BCUT2D eigenvalue weighted by atomic mass is 10.1. The van der Waals surface area contributed by atoms with Crippen LogP contribution in [0, 0.1) is 23.3 Å². The van der Waals surface area contributed by atoms with Crippen LogP contribution in [-0.4, -0.2) is 9.13 Å². The van der Waals surface area contributed by atoms with Crippen LogP contribution in [0.1, 0.15) is 0 Å². The molecular weight excluding hydrogens is 781 g/mol. The van der Waals surface area contributed by atoms with E-state index in [0.29, 0.717) is 11.0 Å². The Balaban J connectivity index is 1.13. The van der Waals surface area contributed by atoms with Gasteiger partial charge in [0.05, 0.1) is 33.4 Å². The molecule has 11 aromatic rings. The van der Waals surface area contributed by atoms with Gasteiger partial charge in [0.25, 0.3) is 0 Å². The molecule has 0 aliphatic carbocycles. The van der Waals surface area contributed by atoms with E-state index in [1.807, 2.05) is 109 Å². The fraction of sp³-hybridized carbons (Fsp3) is 0. The molecule has 0 fully saturated rings. The number of nitrogens with zero attached hydrogens (tertiary/aromatic N) is 4. The summed E-state index contributed by atoms with van der Waals surface area (Å²) in [6.45, 7) is 0. The number of hydrogen-bond acceptors (Lipinski definition) is 2. The highest BCUT2D eigenvalue weighted by Crippen LogP contribution is 2.44. The quantitative estimate of drug-likeness (QED) is 0.142. The largest absolute Gasteiger partial charge is 0.311 e. The second-order valence-electron chi connectivity index (χ2n) is 15.2. The summed E-state index contributed by atoms with van der Waals surface area (Å²) in [5.74, 6) is -2.14. The minimum absolute atomic E-state index is 0.120. The standard InChI is InChI=1S/C54H34F4N4/c55-35-19-27-47(57)53(31-35)61-49-17-9-7-15-43(49)45-33-41(25-29-51(45)61)60(40-23-21-39(22-24-40)59(37-11-3-1-4-12-37)38-13-5-2-6-14-38)42-26-30-52-46(34-42)44-16-8-10-18-50(44)62(52)54-32-36(56)20-28-48(54)58/h1-34H. The van der Waals surface area contributed by atoms with Gasteiger partial charge in [0.2, 0.25) is 0 Å². The van der Waals surface area contributed by atoms with Crippen molar-refractivity contribution in [2.45, 2.75) is 0 Å². The van der Waals surface area contributed by atoms with Crippen molar-refractivity contribution < 1.29 is 17.6 Å². The summed E-state index contributed by atoms with van der Waals surface area (Å²) in [7, 11) is 0. The van der Waals surface area contributed by atoms with E-state index in [-0.39, 0.29) is 11.4 Å². The van der Waals surface area contributed by atoms with E-state index in [4.69, 9.17) is 0 Å². The highest BCUT2D eigenvalue weighted by Gasteiger charge is 2.22. The molecule has 2 aromatic heterocycles. The van der Waals surface area contributed by atoms with Crippen LogP contribution in [0.5, 0.6) is 0 Å². The van der Waals surface area contributed by atoms with Crippen molar-refractivity contribution in [2.24, 2.45) is 0 Å². The van der Waals surface area contributed by atoms with Crippen LogP contribution < -0.4 is 9.80 Å².